The number of alkyl halides is 3. The van der Waals surface area contributed by atoms with E-state index in [2.05, 4.69) is 10.2 Å². The summed E-state index contributed by atoms with van der Waals surface area (Å²) in [6.07, 6.45) is 0.422. The van der Waals surface area contributed by atoms with Gasteiger partial charge in [0.15, 0.2) is 0 Å². The van der Waals surface area contributed by atoms with Crippen molar-refractivity contribution in [3.63, 3.8) is 0 Å². The van der Waals surface area contributed by atoms with Gasteiger partial charge in [0.2, 0.25) is 0 Å². The number of nitrogens with one attached hydrogen (secondary N) is 1. The molecule has 1 aliphatic heterocycles. The van der Waals surface area contributed by atoms with Gasteiger partial charge >= 0.3 is 6.18 Å². The number of rotatable bonds is 4. The van der Waals surface area contributed by atoms with Crippen LogP contribution in [0.3, 0.4) is 0 Å². The average Bonchev–Trinajstić information content (AvgIpc) is 3.24. The Bertz CT molecular complexity index is 627. The number of amides is 1. The fourth-order valence-electron chi connectivity index (χ4n) is 4.03. The molecule has 0 aromatic heterocycles. The Kier molecular flexibility index (Phi) is 5.22. The zero-order valence-corrected chi connectivity index (χ0v) is 14.2. The second kappa shape index (κ2) is 7.23. The molecule has 1 saturated carbocycles. The first-order valence-electron chi connectivity index (χ1n) is 8.71. The zero-order valence-electron chi connectivity index (χ0n) is 14.2. The lowest BCUT2D eigenvalue weighted by Gasteiger charge is -2.30. The summed E-state index contributed by atoms with van der Waals surface area (Å²) in [5, 5.41) is 2.85. The number of carbonyl (C=O) groups excluding carboxylic acids is 1. The summed E-state index contributed by atoms with van der Waals surface area (Å²) in [6.45, 7) is 2.00. The molecule has 2 fully saturated rings. The molecule has 4 nitrogen and oxygen atoms in total. The predicted octanol–water partition coefficient (Wildman–Crippen LogP) is 3.46. The van der Waals surface area contributed by atoms with E-state index in [-0.39, 0.29) is 17.8 Å². The van der Waals surface area contributed by atoms with Crippen LogP contribution >= 0.6 is 0 Å². The summed E-state index contributed by atoms with van der Waals surface area (Å²) < 4.78 is 45.0. The monoisotopic (exact) mass is 356 g/mol. The van der Waals surface area contributed by atoms with Crippen LogP contribution in [0.4, 0.5) is 13.2 Å². The van der Waals surface area contributed by atoms with E-state index >= 15 is 0 Å². The van der Waals surface area contributed by atoms with Crippen LogP contribution < -0.4 is 10.1 Å². The maximum absolute atomic E-state index is 13.3. The minimum absolute atomic E-state index is 0.0527. The second-order valence-corrected chi connectivity index (χ2v) is 6.70. The average molecular weight is 356 g/mol. The van der Waals surface area contributed by atoms with Crippen LogP contribution in [-0.4, -0.2) is 43.1 Å². The van der Waals surface area contributed by atoms with E-state index in [0.717, 1.165) is 51.3 Å². The Hall–Kier alpha value is -1.76. The summed E-state index contributed by atoms with van der Waals surface area (Å²) in [5.74, 6) is -0.760. The first kappa shape index (κ1) is 18.0. The maximum Gasteiger partial charge on any atom is 0.417 e. The highest BCUT2D eigenvalue weighted by Crippen LogP contribution is 2.36. The van der Waals surface area contributed by atoms with Crippen LogP contribution in [0.15, 0.2) is 18.2 Å². The van der Waals surface area contributed by atoms with Gasteiger partial charge in [-0.05, 0) is 57.3 Å². The highest BCUT2D eigenvalue weighted by atomic mass is 19.4. The molecule has 0 radical (unpaired) electrons. The number of hydrogen-bond donors (Lipinski definition) is 1. The Morgan fingerprint density at radius 1 is 1.20 bits per heavy atom. The van der Waals surface area contributed by atoms with E-state index in [9.17, 15) is 18.0 Å². The van der Waals surface area contributed by atoms with E-state index in [1.807, 2.05) is 0 Å². The lowest BCUT2D eigenvalue weighted by Crippen LogP contribution is -2.48. The summed E-state index contributed by atoms with van der Waals surface area (Å²) in [7, 11) is 1.27. The van der Waals surface area contributed by atoms with E-state index in [4.69, 9.17) is 4.74 Å². The van der Waals surface area contributed by atoms with Gasteiger partial charge in [0.25, 0.3) is 5.91 Å². The van der Waals surface area contributed by atoms with Crippen LogP contribution in [-0.2, 0) is 6.18 Å². The van der Waals surface area contributed by atoms with E-state index in [1.165, 1.54) is 19.2 Å². The molecule has 1 amide bonds. The van der Waals surface area contributed by atoms with E-state index in [1.54, 1.807) is 0 Å². The number of halogens is 3. The summed E-state index contributed by atoms with van der Waals surface area (Å²) in [4.78, 5) is 15.1. The van der Waals surface area contributed by atoms with Crippen LogP contribution in [0, 0.1) is 0 Å². The first-order valence-corrected chi connectivity index (χ1v) is 8.71. The van der Waals surface area contributed by atoms with Gasteiger partial charge in [-0.15, -0.1) is 0 Å². The van der Waals surface area contributed by atoms with E-state index < -0.39 is 23.2 Å². The standard InChI is InChI=1S/C18H23F3N2O2/c1-25-15-9-4-6-12(18(19,20)21)16(15)17(24)22-13-7-5-8-14(13)23-10-2-3-11-23/h4,6,9,13-14H,2-3,5,7-8,10-11H2,1H3,(H,22,24). The van der Waals surface area contributed by atoms with Gasteiger partial charge in [-0.2, -0.15) is 13.2 Å². The number of hydrogen-bond acceptors (Lipinski definition) is 3. The lowest BCUT2D eigenvalue weighted by atomic mass is 10.0. The van der Waals surface area contributed by atoms with Crippen molar-refractivity contribution in [2.75, 3.05) is 20.2 Å². The molecule has 1 aromatic carbocycles. The minimum Gasteiger partial charge on any atom is -0.496 e. The topological polar surface area (TPSA) is 41.6 Å². The van der Waals surface area contributed by atoms with Crippen molar-refractivity contribution in [3.8, 4) is 5.75 Å². The quantitative estimate of drug-likeness (QED) is 0.898. The molecule has 1 aliphatic carbocycles. The molecular formula is C18H23F3N2O2. The Labute approximate surface area is 145 Å². The van der Waals surface area contributed by atoms with Crippen molar-refractivity contribution in [1.82, 2.24) is 10.2 Å². The Morgan fingerprint density at radius 2 is 1.92 bits per heavy atom. The third-order valence-electron chi connectivity index (χ3n) is 5.18. The molecule has 0 bridgehead atoms. The molecule has 138 valence electrons. The molecule has 3 rings (SSSR count). The fourth-order valence-corrected chi connectivity index (χ4v) is 4.03. The second-order valence-electron chi connectivity index (χ2n) is 6.70. The number of nitrogens with zero attached hydrogens (tertiary/aromatic N) is 1. The summed E-state index contributed by atoms with van der Waals surface area (Å²) in [6, 6.07) is 3.66. The van der Waals surface area contributed by atoms with Crippen LogP contribution in [0.5, 0.6) is 5.75 Å². The molecule has 2 atom stereocenters. The SMILES string of the molecule is COc1cccc(C(F)(F)F)c1C(=O)NC1CCCC1N1CCCC1. The molecule has 25 heavy (non-hydrogen) atoms. The van der Waals surface area contributed by atoms with Gasteiger partial charge in [-0.1, -0.05) is 6.07 Å². The molecule has 1 N–H and O–H groups in total. The van der Waals surface area contributed by atoms with Crippen molar-refractivity contribution in [2.45, 2.75) is 50.4 Å². The number of likely N-dealkylation sites (tertiary alicyclic amines) is 1. The molecule has 1 saturated heterocycles. The Balaban J connectivity index is 1.83. The van der Waals surface area contributed by atoms with Crippen LogP contribution in [0.25, 0.3) is 0 Å². The molecule has 7 heteroatoms. The fraction of sp³-hybridized carbons (Fsp3) is 0.611. The third kappa shape index (κ3) is 3.76. The highest BCUT2D eigenvalue weighted by molar-refractivity contribution is 5.99. The highest BCUT2D eigenvalue weighted by Gasteiger charge is 2.39. The van der Waals surface area contributed by atoms with Crippen molar-refractivity contribution in [2.24, 2.45) is 0 Å². The van der Waals surface area contributed by atoms with Gasteiger partial charge < -0.3 is 10.1 Å². The van der Waals surface area contributed by atoms with Gasteiger partial charge in [-0.3, -0.25) is 9.69 Å². The van der Waals surface area contributed by atoms with Crippen molar-refractivity contribution >= 4 is 5.91 Å². The smallest absolute Gasteiger partial charge is 0.417 e. The molecule has 1 aromatic rings. The minimum atomic E-state index is -4.61. The van der Waals surface area contributed by atoms with Gasteiger partial charge in [0.1, 0.15) is 5.75 Å². The molecule has 2 unspecified atom stereocenters. The van der Waals surface area contributed by atoms with Gasteiger partial charge in [-0.25, -0.2) is 0 Å². The largest absolute Gasteiger partial charge is 0.496 e. The van der Waals surface area contributed by atoms with E-state index in [0.29, 0.717) is 0 Å². The normalized spacial score (nSPS) is 24.5. The molecule has 1 heterocycles. The van der Waals surface area contributed by atoms with Crippen molar-refractivity contribution in [1.29, 1.82) is 0 Å². The summed E-state index contributed by atoms with van der Waals surface area (Å²) >= 11 is 0. The number of benzene rings is 1. The third-order valence-corrected chi connectivity index (χ3v) is 5.18. The zero-order chi connectivity index (χ0) is 18.0. The van der Waals surface area contributed by atoms with Crippen molar-refractivity contribution < 1.29 is 22.7 Å². The molecular weight excluding hydrogens is 333 g/mol. The number of carbonyl (C=O) groups is 1. The first-order chi connectivity index (χ1) is 11.9. The number of methoxy groups -OCH3 is 1. The summed E-state index contributed by atoms with van der Waals surface area (Å²) in [5.41, 5.74) is -1.38. The van der Waals surface area contributed by atoms with Crippen LogP contribution in [0.2, 0.25) is 0 Å². The van der Waals surface area contributed by atoms with Gasteiger partial charge in [0.05, 0.1) is 18.2 Å². The van der Waals surface area contributed by atoms with Crippen molar-refractivity contribution in [3.05, 3.63) is 29.3 Å². The predicted molar refractivity (Wildman–Crippen MR) is 87.7 cm³/mol. The van der Waals surface area contributed by atoms with Gasteiger partial charge in [0, 0.05) is 12.1 Å². The lowest BCUT2D eigenvalue weighted by molar-refractivity contribution is -0.138. The van der Waals surface area contributed by atoms with Crippen LogP contribution in [0.1, 0.15) is 48.0 Å². The maximum atomic E-state index is 13.3. The molecule has 0 spiro atoms. The number of ether oxygens (including phenoxy) is 1. The Morgan fingerprint density at radius 3 is 2.56 bits per heavy atom. The molecule has 2 aliphatic rings.